The minimum atomic E-state index is -0.892. The summed E-state index contributed by atoms with van der Waals surface area (Å²) in [7, 11) is 0. The van der Waals surface area contributed by atoms with E-state index in [1.54, 1.807) is 29.2 Å². The van der Waals surface area contributed by atoms with Gasteiger partial charge in [0, 0.05) is 5.69 Å². The number of nitrogens with one attached hydrogen (secondary N) is 2. The van der Waals surface area contributed by atoms with Crippen molar-refractivity contribution >= 4 is 11.7 Å². The van der Waals surface area contributed by atoms with Gasteiger partial charge < -0.3 is 20.2 Å². The summed E-state index contributed by atoms with van der Waals surface area (Å²) in [5.41, 5.74) is 1.56. The highest BCUT2D eigenvalue weighted by Gasteiger charge is 2.12. The van der Waals surface area contributed by atoms with E-state index >= 15 is 0 Å². The number of aliphatic hydroxyl groups excluding tert-OH is 1. The second kappa shape index (κ2) is 7.42. The summed E-state index contributed by atoms with van der Waals surface area (Å²) < 4.78 is 6.75. The van der Waals surface area contributed by atoms with Crippen LogP contribution in [-0.2, 0) is 6.54 Å². The highest BCUT2D eigenvalue weighted by molar-refractivity contribution is 5.90. The Labute approximate surface area is 138 Å². The van der Waals surface area contributed by atoms with Crippen LogP contribution in [0.25, 0.3) is 0 Å². The molecule has 3 aromatic rings. The first-order valence-electron chi connectivity index (χ1n) is 7.39. The van der Waals surface area contributed by atoms with Crippen LogP contribution in [0.3, 0.4) is 0 Å². The van der Waals surface area contributed by atoms with Gasteiger partial charge in [0.2, 0.25) is 0 Å². The maximum Gasteiger partial charge on any atom is 0.319 e. The van der Waals surface area contributed by atoms with E-state index in [1.165, 1.54) is 12.6 Å². The summed E-state index contributed by atoms with van der Waals surface area (Å²) in [4.78, 5) is 15.9. The molecule has 2 aromatic heterocycles. The van der Waals surface area contributed by atoms with Crippen LogP contribution in [0.5, 0.6) is 0 Å². The summed E-state index contributed by atoms with van der Waals surface area (Å²) in [6, 6.07) is 10.3. The molecule has 0 bridgehead atoms. The third-order valence-corrected chi connectivity index (χ3v) is 3.39. The normalized spacial score (nSPS) is 11.9. The summed E-state index contributed by atoms with van der Waals surface area (Å²) in [5.74, 6) is 0.405. The molecule has 0 spiro atoms. The van der Waals surface area contributed by atoms with Crippen LogP contribution in [0.4, 0.5) is 10.5 Å². The van der Waals surface area contributed by atoms with Gasteiger partial charge in [0.05, 0.1) is 19.4 Å². The molecular formula is C16H17N5O3. The molecule has 0 fully saturated rings. The summed E-state index contributed by atoms with van der Waals surface area (Å²) >= 11 is 0. The van der Waals surface area contributed by atoms with Crippen molar-refractivity contribution in [3.05, 3.63) is 66.6 Å². The number of anilines is 1. The number of aromatic nitrogens is 3. The third kappa shape index (κ3) is 3.99. The molecule has 1 unspecified atom stereocenters. The zero-order chi connectivity index (χ0) is 16.8. The number of carbonyl (C=O) groups is 1. The predicted octanol–water partition coefficient (Wildman–Crippen LogP) is 1.77. The molecule has 0 radical (unpaired) electrons. The van der Waals surface area contributed by atoms with Gasteiger partial charge in [0.1, 0.15) is 24.5 Å². The van der Waals surface area contributed by atoms with E-state index in [0.717, 1.165) is 5.56 Å². The number of rotatable bonds is 6. The number of hydrogen-bond donors (Lipinski definition) is 3. The van der Waals surface area contributed by atoms with Gasteiger partial charge in [0.25, 0.3) is 0 Å². The molecule has 124 valence electrons. The Kier molecular flexibility index (Phi) is 4.87. The summed E-state index contributed by atoms with van der Waals surface area (Å²) in [5, 5.41) is 19.3. The van der Waals surface area contributed by atoms with Crippen LogP contribution in [0, 0.1) is 0 Å². The molecule has 0 aliphatic carbocycles. The molecule has 0 saturated carbocycles. The lowest BCUT2D eigenvalue weighted by Gasteiger charge is -2.13. The molecule has 0 saturated heterocycles. The number of amides is 2. The second-order valence-electron chi connectivity index (χ2n) is 5.12. The molecule has 0 aliphatic heterocycles. The topological polar surface area (TPSA) is 105 Å². The molecule has 24 heavy (non-hydrogen) atoms. The van der Waals surface area contributed by atoms with E-state index in [0.29, 0.717) is 18.0 Å². The van der Waals surface area contributed by atoms with Gasteiger partial charge in [-0.2, -0.15) is 5.10 Å². The average Bonchev–Trinajstić information content (AvgIpc) is 3.28. The number of benzene rings is 1. The molecule has 0 aliphatic rings. The van der Waals surface area contributed by atoms with Crippen molar-refractivity contribution in [1.29, 1.82) is 0 Å². The zero-order valence-electron chi connectivity index (χ0n) is 12.8. The Bertz CT molecular complexity index is 771. The molecule has 3 N–H and O–H groups in total. The number of nitrogens with zero attached hydrogens (tertiary/aromatic N) is 3. The van der Waals surface area contributed by atoms with Gasteiger partial charge in [-0.3, -0.25) is 0 Å². The maximum atomic E-state index is 12.0. The van der Waals surface area contributed by atoms with Gasteiger partial charge in [0.15, 0.2) is 0 Å². The highest BCUT2D eigenvalue weighted by Crippen LogP contribution is 2.16. The lowest BCUT2D eigenvalue weighted by Crippen LogP contribution is -2.32. The SMILES string of the molecule is O=C(NCC(O)c1ccco1)Nc1ccccc1Cn1cncn1. The van der Waals surface area contributed by atoms with Crippen LogP contribution < -0.4 is 10.6 Å². The van der Waals surface area contributed by atoms with Gasteiger partial charge in [-0.25, -0.2) is 14.5 Å². The Balaban J connectivity index is 1.58. The fourth-order valence-electron chi connectivity index (χ4n) is 2.21. The Hall–Kier alpha value is -3.13. The molecule has 1 aromatic carbocycles. The quantitative estimate of drug-likeness (QED) is 0.640. The molecule has 2 heterocycles. The van der Waals surface area contributed by atoms with E-state index in [4.69, 9.17) is 4.42 Å². The van der Waals surface area contributed by atoms with Gasteiger partial charge in [-0.1, -0.05) is 18.2 Å². The van der Waals surface area contributed by atoms with E-state index in [1.807, 2.05) is 18.2 Å². The van der Waals surface area contributed by atoms with Crippen molar-refractivity contribution in [1.82, 2.24) is 20.1 Å². The minimum absolute atomic E-state index is 0.0462. The zero-order valence-corrected chi connectivity index (χ0v) is 12.8. The van der Waals surface area contributed by atoms with E-state index in [9.17, 15) is 9.90 Å². The fraction of sp³-hybridized carbons (Fsp3) is 0.188. The lowest BCUT2D eigenvalue weighted by atomic mass is 10.2. The Morgan fingerprint density at radius 2 is 2.17 bits per heavy atom. The number of urea groups is 1. The van der Waals surface area contributed by atoms with E-state index in [2.05, 4.69) is 20.7 Å². The fourth-order valence-corrected chi connectivity index (χ4v) is 2.21. The van der Waals surface area contributed by atoms with E-state index in [-0.39, 0.29) is 6.54 Å². The van der Waals surface area contributed by atoms with Crippen LogP contribution in [-0.4, -0.2) is 32.4 Å². The van der Waals surface area contributed by atoms with Crippen molar-refractivity contribution in [2.75, 3.05) is 11.9 Å². The summed E-state index contributed by atoms with van der Waals surface area (Å²) in [6.07, 6.45) is 3.64. The van der Waals surface area contributed by atoms with Crippen LogP contribution in [0.2, 0.25) is 0 Å². The maximum absolute atomic E-state index is 12.0. The van der Waals surface area contributed by atoms with E-state index < -0.39 is 12.1 Å². The van der Waals surface area contributed by atoms with Crippen molar-refractivity contribution < 1.29 is 14.3 Å². The van der Waals surface area contributed by atoms with Crippen LogP contribution >= 0.6 is 0 Å². The van der Waals surface area contributed by atoms with Crippen molar-refractivity contribution in [2.24, 2.45) is 0 Å². The predicted molar refractivity (Wildman–Crippen MR) is 86.3 cm³/mol. The lowest BCUT2D eigenvalue weighted by molar-refractivity contribution is 0.149. The molecule has 8 heteroatoms. The molecule has 1 atom stereocenters. The Morgan fingerprint density at radius 1 is 1.29 bits per heavy atom. The van der Waals surface area contributed by atoms with Crippen LogP contribution in [0.15, 0.2) is 59.7 Å². The molecule has 8 nitrogen and oxygen atoms in total. The molecule has 2 amide bonds. The first kappa shape index (κ1) is 15.8. The largest absolute Gasteiger partial charge is 0.467 e. The van der Waals surface area contributed by atoms with Gasteiger partial charge in [-0.15, -0.1) is 0 Å². The standard InChI is InChI=1S/C16H17N5O3/c22-14(15-6-3-7-24-15)8-18-16(23)20-13-5-2-1-4-12(13)9-21-11-17-10-19-21/h1-7,10-11,14,22H,8-9H2,(H2,18,20,23). The Morgan fingerprint density at radius 3 is 2.92 bits per heavy atom. The minimum Gasteiger partial charge on any atom is -0.467 e. The van der Waals surface area contributed by atoms with Gasteiger partial charge >= 0.3 is 6.03 Å². The van der Waals surface area contributed by atoms with Crippen molar-refractivity contribution in [2.45, 2.75) is 12.6 Å². The average molecular weight is 327 g/mol. The van der Waals surface area contributed by atoms with Crippen molar-refractivity contribution in [3.8, 4) is 0 Å². The summed E-state index contributed by atoms with van der Waals surface area (Å²) in [6.45, 7) is 0.538. The first-order chi connectivity index (χ1) is 11.7. The number of hydrogen-bond acceptors (Lipinski definition) is 5. The van der Waals surface area contributed by atoms with Gasteiger partial charge in [-0.05, 0) is 23.8 Å². The monoisotopic (exact) mass is 327 g/mol. The third-order valence-electron chi connectivity index (χ3n) is 3.39. The molecular weight excluding hydrogens is 310 g/mol. The second-order valence-corrected chi connectivity index (χ2v) is 5.12. The number of carbonyl (C=O) groups excluding carboxylic acids is 1. The highest BCUT2D eigenvalue weighted by atomic mass is 16.4. The number of aliphatic hydroxyl groups is 1. The van der Waals surface area contributed by atoms with Crippen LogP contribution in [0.1, 0.15) is 17.4 Å². The van der Waals surface area contributed by atoms with Crippen molar-refractivity contribution in [3.63, 3.8) is 0 Å². The molecule has 3 rings (SSSR count). The number of para-hydroxylation sites is 1. The smallest absolute Gasteiger partial charge is 0.319 e. The number of furan rings is 1. The first-order valence-corrected chi connectivity index (χ1v) is 7.39.